The number of aliphatic carboxylic acids is 1. The molecule has 2 rings (SSSR count). The van der Waals surface area contributed by atoms with Gasteiger partial charge < -0.3 is 15.3 Å². The summed E-state index contributed by atoms with van der Waals surface area (Å²) in [6.45, 7) is 4.55. The molecule has 5 heteroatoms. The first-order chi connectivity index (χ1) is 9.92. The maximum Gasteiger partial charge on any atom is 0.324 e. The molecule has 5 nitrogen and oxygen atoms in total. The van der Waals surface area contributed by atoms with Crippen molar-refractivity contribution in [2.24, 2.45) is 0 Å². The molecule has 1 aliphatic heterocycles. The molecular formula is C16H23NO4. The molecule has 0 saturated carbocycles. The number of nitrogens with zero attached hydrogens (tertiary/aromatic N) is 1. The van der Waals surface area contributed by atoms with Crippen LogP contribution in [-0.4, -0.2) is 38.3 Å². The lowest BCUT2D eigenvalue weighted by Gasteiger charge is -2.39. The monoisotopic (exact) mass is 293 g/mol. The van der Waals surface area contributed by atoms with Crippen molar-refractivity contribution < 1.29 is 20.1 Å². The van der Waals surface area contributed by atoms with Gasteiger partial charge in [0.1, 0.15) is 17.0 Å². The van der Waals surface area contributed by atoms with Gasteiger partial charge >= 0.3 is 5.97 Å². The third-order valence-electron chi connectivity index (χ3n) is 4.53. The van der Waals surface area contributed by atoms with Crippen molar-refractivity contribution in [2.45, 2.75) is 51.1 Å². The van der Waals surface area contributed by atoms with E-state index >= 15 is 0 Å². The maximum absolute atomic E-state index is 11.9. The molecule has 0 bridgehead atoms. The van der Waals surface area contributed by atoms with E-state index in [1.54, 1.807) is 0 Å². The number of hydrogen-bond acceptors (Lipinski definition) is 4. The van der Waals surface area contributed by atoms with Crippen molar-refractivity contribution in [2.75, 3.05) is 6.54 Å². The summed E-state index contributed by atoms with van der Waals surface area (Å²) < 4.78 is 0. The van der Waals surface area contributed by atoms with Crippen LogP contribution in [0.25, 0.3) is 0 Å². The van der Waals surface area contributed by atoms with Gasteiger partial charge in [0.05, 0.1) is 0 Å². The lowest BCUT2D eigenvalue weighted by Crippen LogP contribution is -2.51. The quantitative estimate of drug-likeness (QED) is 0.727. The molecule has 1 fully saturated rings. The number of carboxylic acids is 1. The lowest BCUT2D eigenvalue weighted by molar-refractivity contribution is -0.151. The third kappa shape index (κ3) is 2.70. The van der Waals surface area contributed by atoms with Crippen molar-refractivity contribution in [3.05, 3.63) is 23.8 Å². The number of phenols is 2. The third-order valence-corrected chi connectivity index (χ3v) is 4.53. The summed E-state index contributed by atoms with van der Waals surface area (Å²) in [4.78, 5) is 13.8. The summed E-state index contributed by atoms with van der Waals surface area (Å²) in [6, 6.07) is 4.12. The minimum Gasteiger partial charge on any atom is -0.508 e. The van der Waals surface area contributed by atoms with Crippen LogP contribution in [0.3, 0.4) is 0 Å². The number of hydrogen-bond donors (Lipinski definition) is 3. The zero-order valence-electron chi connectivity index (χ0n) is 12.5. The van der Waals surface area contributed by atoms with Gasteiger partial charge in [-0.3, -0.25) is 9.69 Å². The fourth-order valence-corrected chi connectivity index (χ4v) is 3.53. The molecule has 1 aromatic carbocycles. The molecule has 2 atom stereocenters. The van der Waals surface area contributed by atoms with Crippen molar-refractivity contribution in [1.29, 1.82) is 0 Å². The highest BCUT2D eigenvalue weighted by molar-refractivity contribution is 5.79. The number of rotatable bonds is 5. The molecule has 0 spiro atoms. The van der Waals surface area contributed by atoms with E-state index in [0.717, 1.165) is 12.8 Å². The van der Waals surface area contributed by atoms with Gasteiger partial charge in [-0.1, -0.05) is 13.3 Å². The van der Waals surface area contributed by atoms with Crippen LogP contribution in [-0.2, 0) is 4.79 Å². The van der Waals surface area contributed by atoms with Crippen LogP contribution in [0.2, 0.25) is 0 Å². The Balaban J connectivity index is 2.38. The highest BCUT2D eigenvalue weighted by atomic mass is 16.4. The minimum atomic E-state index is -0.869. The second-order valence-corrected chi connectivity index (χ2v) is 5.80. The molecule has 1 aromatic rings. The van der Waals surface area contributed by atoms with Crippen LogP contribution in [0.5, 0.6) is 11.5 Å². The Morgan fingerprint density at radius 2 is 2.14 bits per heavy atom. The summed E-state index contributed by atoms with van der Waals surface area (Å²) in [7, 11) is 0. The van der Waals surface area contributed by atoms with Crippen LogP contribution in [0.4, 0.5) is 0 Å². The molecule has 3 N–H and O–H groups in total. The number of likely N-dealkylation sites (tertiary alicyclic amines) is 1. The summed E-state index contributed by atoms with van der Waals surface area (Å²) in [5.74, 6) is -0.637. The lowest BCUT2D eigenvalue weighted by atomic mass is 9.88. The Bertz CT molecular complexity index is 531. The molecule has 0 radical (unpaired) electrons. The van der Waals surface area contributed by atoms with E-state index < -0.39 is 11.5 Å². The number of carboxylic acid groups (broad SMARTS) is 1. The minimum absolute atomic E-state index is 0.0743. The molecule has 0 aliphatic carbocycles. The summed E-state index contributed by atoms with van der Waals surface area (Å²) in [6.07, 6.45) is 2.84. The second kappa shape index (κ2) is 5.93. The summed E-state index contributed by atoms with van der Waals surface area (Å²) >= 11 is 0. The highest BCUT2D eigenvalue weighted by Gasteiger charge is 2.49. The van der Waals surface area contributed by atoms with Gasteiger partial charge in [0.25, 0.3) is 0 Å². The van der Waals surface area contributed by atoms with Crippen LogP contribution in [0, 0.1) is 0 Å². The van der Waals surface area contributed by atoms with Crippen molar-refractivity contribution in [1.82, 2.24) is 4.90 Å². The Morgan fingerprint density at radius 1 is 1.43 bits per heavy atom. The number of phenolic OH excluding ortho intramolecular Hbond substituents is 2. The zero-order valence-corrected chi connectivity index (χ0v) is 12.5. The van der Waals surface area contributed by atoms with E-state index in [9.17, 15) is 20.1 Å². The standard InChI is InChI=1S/C16H23NO4/c1-3-7-16(15(20)21)8-4-9-17(16)11(2)13-10-12(18)5-6-14(13)19/h5-6,10-11,18-19H,3-4,7-9H2,1-2H3,(H,20,21). The van der Waals surface area contributed by atoms with Crippen LogP contribution >= 0.6 is 0 Å². The van der Waals surface area contributed by atoms with Crippen molar-refractivity contribution in [3.63, 3.8) is 0 Å². The maximum atomic E-state index is 11.9. The topological polar surface area (TPSA) is 81.0 Å². The molecule has 1 heterocycles. The predicted molar refractivity (Wildman–Crippen MR) is 79.4 cm³/mol. The molecule has 21 heavy (non-hydrogen) atoms. The first-order valence-corrected chi connectivity index (χ1v) is 7.44. The van der Waals surface area contributed by atoms with Crippen molar-refractivity contribution >= 4 is 5.97 Å². The van der Waals surface area contributed by atoms with E-state index in [-0.39, 0.29) is 17.5 Å². The van der Waals surface area contributed by atoms with Crippen LogP contribution in [0.15, 0.2) is 18.2 Å². The normalized spacial score (nSPS) is 24.1. The molecular weight excluding hydrogens is 270 g/mol. The van der Waals surface area contributed by atoms with Gasteiger partial charge in [-0.25, -0.2) is 0 Å². The number of carbonyl (C=O) groups is 1. The number of benzene rings is 1. The van der Waals surface area contributed by atoms with E-state index in [1.807, 2.05) is 18.7 Å². The van der Waals surface area contributed by atoms with Crippen LogP contribution < -0.4 is 0 Å². The first kappa shape index (κ1) is 15.6. The molecule has 1 saturated heterocycles. The SMILES string of the molecule is CCCC1(C(=O)O)CCCN1C(C)c1cc(O)ccc1O. The summed E-state index contributed by atoms with van der Waals surface area (Å²) in [5, 5.41) is 29.4. The van der Waals surface area contributed by atoms with E-state index in [1.165, 1.54) is 18.2 Å². The van der Waals surface area contributed by atoms with E-state index in [0.29, 0.717) is 24.9 Å². The van der Waals surface area contributed by atoms with Crippen molar-refractivity contribution in [3.8, 4) is 11.5 Å². The van der Waals surface area contributed by atoms with Gasteiger partial charge in [-0.15, -0.1) is 0 Å². The van der Waals surface area contributed by atoms with Crippen LogP contribution in [0.1, 0.15) is 51.1 Å². The Kier molecular flexibility index (Phi) is 4.42. The average molecular weight is 293 g/mol. The largest absolute Gasteiger partial charge is 0.508 e. The van der Waals surface area contributed by atoms with Gasteiger partial charge in [0, 0.05) is 11.6 Å². The molecule has 0 aromatic heterocycles. The Hall–Kier alpha value is -1.75. The fourth-order valence-electron chi connectivity index (χ4n) is 3.53. The second-order valence-electron chi connectivity index (χ2n) is 5.80. The molecule has 0 amide bonds. The van der Waals surface area contributed by atoms with E-state index in [2.05, 4.69) is 0 Å². The Labute approximate surface area is 124 Å². The molecule has 2 unspecified atom stereocenters. The average Bonchev–Trinajstić information content (AvgIpc) is 2.86. The Morgan fingerprint density at radius 3 is 2.76 bits per heavy atom. The van der Waals surface area contributed by atoms with Gasteiger partial charge in [-0.2, -0.15) is 0 Å². The van der Waals surface area contributed by atoms with Gasteiger partial charge in [-0.05, 0) is 50.9 Å². The summed E-state index contributed by atoms with van der Waals surface area (Å²) in [5.41, 5.74) is -0.301. The van der Waals surface area contributed by atoms with E-state index in [4.69, 9.17) is 0 Å². The molecule has 1 aliphatic rings. The molecule has 116 valence electrons. The smallest absolute Gasteiger partial charge is 0.324 e. The first-order valence-electron chi connectivity index (χ1n) is 7.44. The van der Waals surface area contributed by atoms with Gasteiger partial charge in [0.2, 0.25) is 0 Å². The number of aromatic hydroxyl groups is 2. The highest BCUT2D eigenvalue weighted by Crippen LogP contribution is 2.42. The van der Waals surface area contributed by atoms with Gasteiger partial charge in [0.15, 0.2) is 0 Å². The fraction of sp³-hybridized carbons (Fsp3) is 0.562. The zero-order chi connectivity index (χ0) is 15.6. The predicted octanol–water partition coefficient (Wildman–Crippen LogP) is 2.88.